The summed E-state index contributed by atoms with van der Waals surface area (Å²) in [5, 5.41) is 12.6. The fraction of sp³-hybridized carbons (Fsp3) is 0.409. The van der Waals surface area contributed by atoms with Crippen LogP contribution in [0.3, 0.4) is 0 Å². The second-order valence-electron chi connectivity index (χ2n) is 7.27. The van der Waals surface area contributed by atoms with Gasteiger partial charge in [-0.3, -0.25) is 28.9 Å². The maximum absolute atomic E-state index is 12.1. The number of nitrogens with one attached hydrogen (secondary N) is 2. The first-order valence-electron chi connectivity index (χ1n) is 10.3. The Bertz CT molecular complexity index is 1140. The molecular weight excluding hydrogens is 416 g/mol. The third kappa shape index (κ3) is 5.78. The van der Waals surface area contributed by atoms with Gasteiger partial charge in [-0.05, 0) is 18.6 Å². The van der Waals surface area contributed by atoms with Gasteiger partial charge in [0.05, 0.1) is 18.8 Å². The average molecular weight is 440 g/mol. The number of aliphatic hydroxyl groups is 1. The van der Waals surface area contributed by atoms with Crippen molar-refractivity contribution in [2.75, 3.05) is 6.54 Å². The van der Waals surface area contributed by atoms with Gasteiger partial charge < -0.3 is 15.2 Å². The van der Waals surface area contributed by atoms with Gasteiger partial charge in [-0.25, -0.2) is 4.79 Å². The summed E-state index contributed by atoms with van der Waals surface area (Å²) in [6.07, 6.45) is 1.85. The number of H-pyrrole nitrogens is 1. The van der Waals surface area contributed by atoms with E-state index in [1.165, 1.54) is 17.0 Å². The van der Waals surface area contributed by atoms with Gasteiger partial charge in [0, 0.05) is 31.7 Å². The van der Waals surface area contributed by atoms with Gasteiger partial charge in [-0.15, -0.1) is 0 Å². The summed E-state index contributed by atoms with van der Waals surface area (Å²) in [5.74, 6) is 4.69. The molecule has 0 aliphatic carbocycles. The number of ketones is 1. The molecule has 32 heavy (non-hydrogen) atoms. The van der Waals surface area contributed by atoms with Gasteiger partial charge in [0.15, 0.2) is 5.78 Å². The standard InChI is InChI=1S/C22H24N4O6/c1-2-18-17(28)12-20(32-18)26-13-14(21(30)25-22(26)31)6-5-11-24-19(29)9-8-16(27)15-7-3-4-10-23-15/h3-4,7,10,13,17-18,20,28H,2,8-9,11-12H2,1H3,(H,24,29)(H,25,30,31)/t17-,18+,20?/m0/s1. The van der Waals surface area contributed by atoms with E-state index in [-0.39, 0.29) is 49.2 Å². The predicted molar refractivity (Wildman–Crippen MR) is 114 cm³/mol. The number of pyridine rings is 1. The number of Topliss-reactive ketones (excluding diaryl/α,β-unsaturated/α-hetero) is 1. The molecule has 1 aliphatic heterocycles. The van der Waals surface area contributed by atoms with Crippen molar-refractivity contribution in [3.8, 4) is 11.8 Å². The fourth-order valence-corrected chi connectivity index (χ4v) is 3.30. The van der Waals surface area contributed by atoms with Crippen LogP contribution in [0.5, 0.6) is 0 Å². The SMILES string of the molecule is CC[C@H]1OC(n2cc(C#CCNC(=O)CCC(=O)c3ccccn3)c(=O)[nH]c2=O)C[C@@H]1O. The maximum Gasteiger partial charge on any atom is 0.330 e. The van der Waals surface area contributed by atoms with Gasteiger partial charge >= 0.3 is 5.69 Å². The van der Waals surface area contributed by atoms with Crippen molar-refractivity contribution in [2.45, 2.75) is 51.0 Å². The average Bonchev–Trinajstić information content (AvgIpc) is 3.17. The Kier molecular flexibility index (Phi) is 7.70. The molecule has 0 aromatic carbocycles. The van der Waals surface area contributed by atoms with Crippen LogP contribution in [-0.4, -0.2) is 50.1 Å². The first kappa shape index (κ1) is 23.1. The van der Waals surface area contributed by atoms with Crippen molar-refractivity contribution in [3.05, 3.63) is 62.7 Å². The Labute approximate surface area is 183 Å². The number of hydrogen-bond donors (Lipinski definition) is 3. The third-order valence-corrected chi connectivity index (χ3v) is 5.01. The van der Waals surface area contributed by atoms with E-state index in [2.05, 4.69) is 27.1 Å². The van der Waals surface area contributed by atoms with Crippen molar-refractivity contribution in [1.29, 1.82) is 0 Å². The summed E-state index contributed by atoms with van der Waals surface area (Å²) in [4.78, 5) is 54.2. The minimum atomic E-state index is -0.698. The molecule has 0 bridgehead atoms. The molecule has 168 valence electrons. The minimum Gasteiger partial charge on any atom is -0.390 e. The zero-order valence-electron chi connectivity index (χ0n) is 17.5. The molecule has 1 aliphatic rings. The summed E-state index contributed by atoms with van der Waals surface area (Å²) < 4.78 is 6.87. The lowest BCUT2D eigenvalue weighted by molar-refractivity contribution is -0.120. The van der Waals surface area contributed by atoms with Gasteiger partial charge in [0.25, 0.3) is 5.56 Å². The number of carbonyl (C=O) groups is 2. The van der Waals surface area contributed by atoms with Crippen molar-refractivity contribution >= 4 is 11.7 Å². The van der Waals surface area contributed by atoms with Crippen LogP contribution < -0.4 is 16.6 Å². The van der Waals surface area contributed by atoms with Crippen molar-refractivity contribution in [3.63, 3.8) is 0 Å². The molecule has 2 aromatic heterocycles. The van der Waals surface area contributed by atoms with E-state index in [1.54, 1.807) is 18.2 Å². The van der Waals surface area contributed by atoms with Gasteiger partial charge in [-0.1, -0.05) is 24.8 Å². The number of aromatic amines is 1. The number of rotatable bonds is 7. The highest BCUT2D eigenvalue weighted by Gasteiger charge is 2.34. The zero-order chi connectivity index (χ0) is 23.1. The fourth-order valence-electron chi connectivity index (χ4n) is 3.30. The highest BCUT2D eigenvalue weighted by molar-refractivity contribution is 5.96. The highest BCUT2D eigenvalue weighted by Crippen LogP contribution is 2.29. The quantitative estimate of drug-likeness (QED) is 0.410. The van der Waals surface area contributed by atoms with Crippen LogP contribution in [0.4, 0.5) is 0 Å². The van der Waals surface area contributed by atoms with E-state index in [0.29, 0.717) is 12.1 Å². The second kappa shape index (κ2) is 10.7. The van der Waals surface area contributed by atoms with Crippen LogP contribution in [0.25, 0.3) is 0 Å². The molecule has 10 heteroatoms. The lowest BCUT2D eigenvalue weighted by Gasteiger charge is -2.14. The molecule has 1 amide bonds. The minimum absolute atomic E-state index is 0.0114. The summed E-state index contributed by atoms with van der Waals surface area (Å²) >= 11 is 0. The topological polar surface area (TPSA) is 143 Å². The molecule has 3 rings (SSSR count). The molecule has 3 N–H and O–H groups in total. The number of hydrogen-bond acceptors (Lipinski definition) is 7. The number of amides is 1. The Morgan fingerprint density at radius 2 is 2.16 bits per heavy atom. The monoisotopic (exact) mass is 440 g/mol. The summed E-state index contributed by atoms with van der Waals surface area (Å²) in [6, 6.07) is 4.98. The molecule has 3 heterocycles. The van der Waals surface area contributed by atoms with Gasteiger partial charge in [0.2, 0.25) is 5.91 Å². The molecule has 1 unspecified atom stereocenters. The smallest absolute Gasteiger partial charge is 0.330 e. The molecule has 0 spiro atoms. The molecule has 0 saturated carbocycles. The second-order valence-corrected chi connectivity index (χ2v) is 7.27. The normalized spacial score (nSPS) is 19.8. The van der Waals surface area contributed by atoms with Crippen molar-refractivity contribution in [2.24, 2.45) is 0 Å². The first-order valence-corrected chi connectivity index (χ1v) is 10.3. The maximum atomic E-state index is 12.1. The van der Waals surface area contributed by atoms with Gasteiger partial charge in [0.1, 0.15) is 17.5 Å². The lowest BCUT2D eigenvalue weighted by atomic mass is 10.1. The van der Waals surface area contributed by atoms with Crippen LogP contribution >= 0.6 is 0 Å². The lowest BCUT2D eigenvalue weighted by Crippen LogP contribution is -2.33. The largest absolute Gasteiger partial charge is 0.390 e. The molecule has 1 fully saturated rings. The van der Waals surface area contributed by atoms with E-state index in [9.17, 15) is 24.3 Å². The van der Waals surface area contributed by atoms with E-state index in [1.807, 2.05) is 6.92 Å². The van der Waals surface area contributed by atoms with Crippen LogP contribution in [0.2, 0.25) is 0 Å². The number of aromatic nitrogens is 3. The van der Waals surface area contributed by atoms with E-state index in [4.69, 9.17) is 4.74 Å². The number of carbonyl (C=O) groups excluding carboxylic acids is 2. The number of nitrogens with zero attached hydrogens (tertiary/aromatic N) is 2. The predicted octanol–water partition coefficient (Wildman–Crippen LogP) is 0.121. The Balaban J connectivity index is 1.56. The van der Waals surface area contributed by atoms with Crippen LogP contribution in [0.15, 0.2) is 40.2 Å². The molecule has 0 radical (unpaired) electrons. The summed E-state index contributed by atoms with van der Waals surface area (Å²) in [5.41, 5.74) is -0.974. The van der Waals surface area contributed by atoms with Crippen LogP contribution in [-0.2, 0) is 9.53 Å². The van der Waals surface area contributed by atoms with Crippen LogP contribution in [0, 0.1) is 11.8 Å². The molecular formula is C22H24N4O6. The molecule has 3 atom stereocenters. The summed E-state index contributed by atoms with van der Waals surface area (Å²) in [7, 11) is 0. The molecule has 1 saturated heterocycles. The highest BCUT2D eigenvalue weighted by atomic mass is 16.5. The van der Waals surface area contributed by atoms with E-state index in [0.717, 1.165) is 0 Å². The van der Waals surface area contributed by atoms with Crippen LogP contribution in [0.1, 0.15) is 54.9 Å². The third-order valence-electron chi connectivity index (χ3n) is 5.01. The van der Waals surface area contributed by atoms with E-state index < -0.39 is 23.6 Å². The first-order chi connectivity index (χ1) is 15.4. The molecule has 2 aromatic rings. The Morgan fingerprint density at radius 3 is 2.84 bits per heavy atom. The zero-order valence-corrected chi connectivity index (χ0v) is 17.5. The Morgan fingerprint density at radius 1 is 1.34 bits per heavy atom. The summed E-state index contributed by atoms with van der Waals surface area (Å²) in [6.45, 7) is 1.83. The van der Waals surface area contributed by atoms with E-state index >= 15 is 0 Å². The Hall–Kier alpha value is -3.55. The number of aliphatic hydroxyl groups excluding tert-OH is 1. The molecule has 10 nitrogen and oxygen atoms in total. The van der Waals surface area contributed by atoms with Crippen molar-refractivity contribution < 1.29 is 19.4 Å². The van der Waals surface area contributed by atoms with Crippen molar-refractivity contribution in [1.82, 2.24) is 19.9 Å². The number of ether oxygens (including phenoxy) is 1. The van der Waals surface area contributed by atoms with Gasteiger partial charge in [-0.2, -0.15) is 0 Å².